The molecule has 0 aromatic carbocycles. The molecule has 1 saturated heterocycles. The summed E-state index contributed by atoms with van der Waals surface area (Å²) in [6.07, 6.45) is 0. The molecule has 42 valence electrons. The van der Waals surface area contributed by atoms with E-state index in [-0.39, 0.29) is 29.6 Å². The molecule has 1 aliphatic rings. The molecule has 0 N–H and O–H groups in total. The summed E-state index contributed by atoms with van der Waals surface area (Å²) in [4.78, 5) is 0. The summed E-state index contributed by atoms with van der Waals surface area (Å²) in [6, 6.07) is 0. The molecule has 1 rings (SSSR count). The van der Waals surface area contributed by atoms with Gasteiger partial charge in [0, 0.05) is 11.5 Å². The van der Waals surface area contributed by atoms with Gasteiger partial charge >= 0.3 is 29.6 Å². The molecule has 0 aliphatic carbocycles. The molecule has 0 aromatic rings. The summed E-state index contributed by atoms with van der Waals surface area (Å²) in [6.45, 7) is 0. The van der Waals surface area contributed by atoms with E-state index in [0.29, 0.717) is 4.58 Å². The van der Waals surface area contributed by atoms with Gasteiger partial charge in [-0.25, -0.2) is 0 Å². The van der Waals surface area contributed by atoms with Gasteiger partial charge in [0.1, 0.15) is 0 Å². The third-order valence-electron chi connectivity index (χ3n) is 0.785. The first-order valence-corrected chi connectivity index (χ1v) is 4.92. The van der Waals surface area contributed by atoms with Gasteiger partial charge in [0.05, 0.1) is 0 Å². The van der Waals surface area contributed by atoms with Crippen LogP contribution in [0.2, 0.25) is 0 Å². The molecule has 8 heavy (non-hydrogen) atoms. The van der Waals surface area contributed by atoms with Crippen LogP contribution in [0.15, 0.2) is 0 Å². The molecule has 0 aromatic heterocycles. The quantitative estimate of drug-likeness (QED) is 0.319. The van der Waals surface area contributed by atoms with Gasteiger partial charge in [0.25, 0.3) is 0 Å². The van der Waals surface area contributed by atoms with Crippen molar-refractivity contribution in [3.63, 3.8) is 0 Å². The fourth-order valence-electron chi connectivity index (χ4n) is 0.466. The maximum absolute atomic E-state index is 5.03. The maximum atomic E-state index is 5.03. The Morgan fingerprint density at radius 3 is 2.38 bits per heavy atom. The molecule has 4 heteroatoms. The second kappa shape index (κ2) is 5.81. The van der Waals surface area contributed by atoms with E-state index in [0.717, 1.165) is 0 Å². The topological polar surface area (TPSA) is 0 Å². The molecule has 1 atom stereocenters. The minimum atomic E-state index is 0. The van der Waals surface area contributed by atoms with E-state index in [9.17, 15) is 0 Å². The van der Waals surface area contributed by atoms with Crippen LogP contribution >= 0.6 is 23.5 Å². The van der Waals surface area contributed by atoms with Gasteiger partial charge in [-0.05, 0) is 5.75 Å². The van der Waals surface area contributed by atoms with Crippen molar-refractivity contribution in [2.45, 2.75) is 4.58 Å². The first kappa shape index (κ1) is 10.0. The van der Waals surface area contributed by atoms with E-state index in [2.05, 4.69) is 0 Å². The Morgan fingerprint density at radius 1 is 1.38 bits per heavy atom. The minimum Gasteiger partial charge on any atom is -0.778 e. The second-order valence-electron chi connectivity index (χ2n) is 1.38. The zero-order valence-corrected chi connectivity index (χ0v) is 9.37. The van der Waals surface area contributed by atoms with Gasteiger partial charge in [-0.2, -0.15) is 23.5 Å². The van der Waals surface area contributed by atoms with Crippen LogP contribution in [0.3, 0.4) is 0 Å². The van der Waals surface area contributed by atoms with Gasteiger partial charge in [0.2, 0.25) is 0 Å². The molecule has 0 bridgehead atoms. The van der Waals surface area contributed by atoms with Crippen molar-refractivity contribution in [2.75, 3.05) is 17.3 Å². The standard InChI is InChI=1S/C4H8S3.Na/c5-4-3-6-1-2-7-4;/h4-5H,1-3H2;/q;+1/p-1. The molecular formula is C4H7NaS3. The van der Waals surface area contributed by atoms with Gasteiger partial charge in [-0.15, -0.1) is 4.58 Å². The molecular weight excluding hydrogens is 167 g/mol. The monoisotopic (exact) mass is 174 g/mol. The normalized spacial score (nSPS) is 28.9. The van der Waals surface area contributed by atoms with Crippen molar-refractivity contribution in [2.24, 2.45) is 0 Å². The molecule has 1 heterocycles. The summed E-state index contributed by atoms with van der Waals surface area (Å²) in [7, 11) is 0. The average molecular weight is 174 g/mol. The van der Waals surface area contributed by atoms with Crippen LogP contribution in [0.1, 0.15) is 0 Å². The van der Waals surface area contributed by atoms with Crippen LogP contribution in [0.25, 0.3) is 0 Å². The Labute approximate surface area is 86.6 Å². The van der Waals surface area contributed by atoms with Crippen molar-refractivity contribution in [3.8, 4) is 0 Å². The zero-order chi connectivity index (χ0) is 5.11. The van der Waals surface area contributed by atoms with Crippen LogP contribution in [0.4, 0.5) is 0 Å². The average Bonchev–Trinajstić information content (AvgIpc) is 1.69. The minimum absolute atomic E-state index is 0. The summed E-state index contributed by atoms with van der Waals surface area (Å²) < 4.78 is 0.499. The van der Waals surface area contributed by atoms with Crippen molar-refractivity contribution >= 4 is 36.2 Å². The van der Waals surface area contributed by atoms with E-state index in [4.69, 9.17) is 12.6 Å². The molecule has 0 nitrogen and oxygen atoms in total. The van der Waals surface area contributed by atoms with Gasteiger partial charge in [-0.1, -0.05) is 0 Å². The third kappa shape index (κ3) is 3.96. The number of rotatable bonds is 0. The molecule has 1 fully saturated rings. The van der Waals surface area contributed by atoms with Crippen molar-refractivity contribution < 1.29 is 29.6 Å². The number of thioether (sulfide) groups is 2. The van der Waals surface area contributed by atoms with Gasteiger partial charge in [0.15, 0.2) is 0 Å². The van der Waals surface area contributed by atoms with Crippen molar-refractivity contribution in [1.82, 2.24) is 0 Å². The first-order valence-electron chi connectivity index (χ1n) is 2.25. The van der Waals surface area contributed by atoms with E-state index in [1.807, 2.05) is 23.5 Å². The van der Waals surface area contributed by atoms with Crippen LogP contribution in [0.5, 0.6) is 0 Å². The smallest absolute Gasteiger partial charge is 0.778 e. The fraction of sp³-hybridized carbons (Fsp3) is 1.00. The number of hydrogen-bond acceptors (Lipinski definition) is 3. The second-order valence-corrected chi connectivity index (χ2v) is 4.70. The fourth-order valence-corrected chi connectivity index (χ4v) is 3.20. The van der Waals surface area contributed by atoms with Crippen LogP contribution in [-0.2, 0) is 12.6 Å². The molecule has 0 radical (unpaired) electrons. The van der Waals surface area contributed by atoms with Crippen LogP contribution in [0, 0.1) is 0 Å². The Hall–Kier alpha value is 2.05. The Morgan fingerprint density at radius 2 is 2.12 bits per heavy atom. The molecule has 0 spiro atoms. The Kier molecular flexibility index (Phi) is 7.29. The van der Waals surface area contributed by atoms with E-state index >= 15 is 0 Å². The zero-order valence-electron chi connectivity index (χ0n) is 4.92. The molecule has 1 unspecified atom stereocenters. The van der Waals surface area contributed by atoms with Gasteiger partial charge < -0.3 is 12.6 Å². The van der Waals surface area contributed by atoms with Crippen LogP contribution < -0.4 is 29.6 Å². The van der Waals surface area contributed by atoms with Crippen molar-refractivity contribution in [3.05, 3.63) is 0 Å². The largest absolute Gasteiger partial charge is 1.00 e. The van der Waals surface area contributed by atoms with Crippen molar-refractivity contribution in [1.29, 1.82) is 0 Å². The summed E-state index contributed by atoms with van der Waals surface area (Å²) >= 11 is 8.92. The maximum Gasteiger partial charge on any atom is 1.00 e. The van der Waals surface area contributed by atoms with Gasteiger partial charge in [-0.3, -0.25) is 0 Å². The van der Waals surface area contributed by atoms with Crippen LogP contribution in [-0.4, -0.2) is 21.8 Å². The predicted molar refractivity (Wildman–Crippen MR) is 40.9 cm³/mol. The predicted octanol–water partition coefficient (Wildman–Crippen LogP) is -1.66. The van der Waals surface area contributed by atoms with E-state index in [1.165, 1.54) is 17.3 Å². The first-order chi connectivity index (χ1) is 3.39. The third-order valence-corrected chi connectivity index (χ3v) is 4.08. The Balaban J connectivity index is 0.000000490. The Bertz CT molecular complexity index is 53.2. The summed E-state index contributed by atoms with van der Waals surface area (Å²) in [5.41, 5.74) is 0. The van der Waals surface area contributed by atoms with E-state index < -0.39 is 0 Å². The summed E-state index contributed by atoms with van der Waals surface area (Å²) in [5, 5.41) is 0. The molecule has 0 amide bonds. The molecule has 1 aliphatic heterocycles. The SMILES string of the molecule is [Na+].[S-]C1CSCCS1. The van der Waals surface area contributed by atoms with E-state index in [1.54, 1.807) is 0 Å². The summed E-state index contributed by atoms with van der Waals surface area (Å²) in [5.74, 6) is 3.75. The number of hydrogen-bond donors (Lipinski definition) is 0. The molecule has 0 saturated carbocycles.